The highest BCUT2D eigenvalue weighted by atomic mass is 79.9. The lowest BCUT2D eigenvalue weighted by atomic mass is 9.95. The summed E-state index contributed by atoms with van der Waals surface area (Å²) in [6.07, 6.45) is 2.96. The molecule has 2 rings (SSSR count). The maximum Gasteiger partial charge on any atom is 0.227 e. The number of hydrogen-bond donors (Lipinski definition) is 1. The zero-order chi connectivity index (χ0) is 13.0. The minimum Gasteiger partial charge on any atom is -0.316 e. The largest absolute Gasteiger partial charge is 0.316 e. The van der Waals surface area contributed by atoms with Crippen LogP contribution in [0.1, 0.15) is 19.3 Å². The van der Waals surface area contributed by atoms with Crippen LogP contribution in [0, 0.1) is 5.92 Å². The summed E-state index contributed by atoms with van der Waals surface area (Å²) in [7, 11) is 1.85. The molecule has 0 bridgehead atoms. The summed E-state index contributed by atoms with van der Waals surface area (Å²) in [4.78, 5) is 14.0. The van der Waals surface area contributed by atoms with E-state index in [2.05, 4.69) is 21.2 Å². The molecule has 0 spiro atoms. The van der Waals surface area contributed by atoms with Crippen molar-refractivity contribution in [3.05, 3.63) is 28.7 Å². The number of nitrogens with one attached hydrogen (secondary N) is 1. The van der Waals surface area contributed by atoms with Gasteiger partial charge in [-0.2, -0.15) is 0 Å². The number of rotatable bonds is 3. The summed E-state index contributed by atoms with van der Waals surface area (Å²) in [5.41, 5.74) is 0.936. The van der Waals surface area contributed by atoms with Gasteiger partial charge in [-0.25, -0.2) is 0 Å². The molecule has 0 aromatic heterocycles. The van der Waals surface area contributed by atoms with Crippen LogP contribution in [0.5, 0.6) is 0 Å². The molecule has 1 amide bonds. The van der Waals surface area contributed by atoms with Gasteiger partial charge in [0.15, 0.2) is 0 Å². The highest BCUT2D eigenvalue weighted by Crippen LogP contribution is 2.26. The van der Waals surface area contributed by atoms with Crippen molar-refractivity contribution < 1.29 is 4.79 Å². The molecule has 1 aliphatic rings. The summed E-state index contributed by atoms with van der Waals surface area (Å²) >= 11 is 3.48. The molecule has 1 N–H and O–H groups in total. The summed E-state index contributed by atoms with van der Waals surface area (Å²) in [5, 5.41) is 3.35. The van der Waals surface area contributed by atoms with Gasteiger partial charge in [-0.15, -0.1) is 0 Å². The molecule has 4 heteroatoms. The van der Waals surface area contributed by atoms with Crippen molar-refractivity contribution in [3.8, 4) is 0 Å². The second-order valence-electron chi connectivity index (χ2n) is 4.82. The lowest BCUT2D eigenvalue weighted by molar-refractivity contribution is -0.119. The van der Waals surface area contributed by atoms with E-state index < -0.39 is 0 Å². The molecule has 1 aromatic rings. The third kappa shape index (κ3) is 3.33. The van der Waals surface area contributed by atoms with Crippen LogP contribution in [-0.2, 0) is 4.79 Å². The molecule has 18 heavy (non-hydrogen) atoms. The Labute approximate surface area is 117 Å². The van der Waals surface area contributed by atoms with Gasteiger partial charge in [0.05, 0.1) is 5.69 Å². The van der Waals surface area contributed by atoms with E-state index in [1.165, 1.54) is 6.42 Å². The molecular formula is C14H19BrN2O. The van der Waals surface area contributed by atoms with Crippen molar-refractivity contribution >= 4 is 27.5 Å². The van der Waals surface area contributed by atoms with E-state index >= 15 is 0 Å². The summed E-state index contributed by atoms with van der Waals surface area (Å²) < 4.78 is 0.961. The summed E-state index contributed by atoms with van der Waals surface area (Å²) in [6, 6.07) is 7.82. The van der Waals surface area contributed by atoms with E-state index in [0.717, 1.165) is 29.7 Å². The molecule has 1 aliphatic heterocycles. The first-order chi connectivity index (χ1) is 8.68. The fourth-order valence-corrected chi connectivity index (χ4v) is 2.89. The first-order valence-electron chi connectivity index (χ1n) is 6.40. The number of carbonyl (C=O) groups excluding carboxylic acids is 1. The predicted octanol–water partition coefficient (Wildman–Crippen LogP) is 2.80. The van der Waals surface area contributed by atoms with Gasteiger partial charge in [-0.1, -0.05) is 12.1 Å². The molecule has 0 saturated carbocycles. The van der Waals surface area contributed by atoms with E-state index in [1.54, 1.807) is 4.90 Å². The van der Waals surface area contributed by atoms with Crippen molar-refractivity contribution in [1.82, 2.24) is 5.32 Å². The van der Waals surface area contributed by atoms with Crippen LogP contribution in [0.2, 0.25) is 0 Å². The molecule has 1 saturated heterocycles. The molecular weight excluding hydrogens is 292 g/mol. The molecule has 1 atom stereocenters. The number of benzene rings is 1. The van der Waals surface area contributed by atoms with Crippen LogP contribution in [0.4, 0.5) is 5.69 Å². The van der Waals surface area contributed by atoms with Crippen molar-refractivity contribution in [1.29, 1.82) is 0 Å². The zero-order valence-corrected chi connectivity index (χ0v) is 12.2. The maximum absolute atomic E-state index is 12.2. The second-order valence-corrected chi connectivity index (χ2v) is 5.68. The standard InChI is InChI=1S/C14H19BrN2O/c1-17(13-7-3-2-6-12(13)15)14(18)9-11-5-4-8-16-10-11/h2-3,6-7,11,16H,4-5,8-10H2,1H3. The number of nitrogens with zero attached hydrogens (tertiary/aromatic N) is 1. The molecule has 0 aliphatic carbocycles. The number of piperidine rings is 1. The van der Waals surface area contributed by atoms with Gasteiger partial charge in [-0.05, 0) is 59.9 Å². The minimum atomic E-state index is 0.190. The Morgan fingerprint density at radius 1 is 1.50 bits per heavy atom. The smallest absolute Gasteiger partial charge is 0.227 e. The van der Waals surface area contributed by atoms with Crippen LogP contribution >= 0.6 is 15.9 Å². The molecule has 1 unspecified atom stereocenters. The van der Waals surface area contributed by atoms with Crippen LogP contribution < -0.4 is 10.2 Å². The van der Waals surface area contributed by atoms with Crippen molar-refractivity contribution in [2.75, 3.05) is 25.0 Å². The average molecular weight is 311 g/mol. The van der Waals surface area contributed by atoms with Crippen molar-refractivity contribution in [2.24, 2.45) is 5.92 Å². The fourth-order valence-electron chi connectivity index (χ4n) is 2.34. The monoisotopic (exact) mass is 310 g/mol. The second kappa shape index (κ2) is 6.34. The number of anilines is 1. The number of carbonyl (C=O) groups is 1. The van der Waals surface area contributed by atoms with E-state index in [9.17, 15) is 4.79 Å². The van der Waals surface area contributed by atoms with Gasteiger partial charge in [0, 0.05) is 17.9 Å². The molecule has 1 aromatic carbocycles. The van der Waals surface area contributed by atoms with Crippen molar-refractivity contribution in [2.45, 2.75) is 19.3 Å². The van der Waals surface area contributed by atoms with E-state index in [0.29, 0.717) is 12.3 Å². The van der Waals surface area contributed by atoms with Crippen LogP contribution in [0.25, 0.3) is 0 Å². The van der Waals surface area contributed by atoms with E-state index in [4.69, 9.17) is 0 Å². The highest BCUT2D eigenvalue weighted by Gasteiger charge is 2.20. The summed E-state index contributed by atoms with van der Waals surface area (Å²) in [5.74, 6) is 0.673. The Hall–Kier alpha value is -0.870. The lowest BCUT2D eigenvalue weighted by Crippen LogP contribution is -2.35. The lowest BCUT2D eigenvalue weighted by Gasteiger charge is -2.25. The van der Waals surface area contributed by atoms with Gasteiger partial charge in [0.1, 0.15) is 0 Å². The molecule has 1 heterocycles. The molecule has 0 radical (unpaired) electrons. The van der Waals surface area contributed by atoms with Gasteiger partial charge in [0.2, 0.25) is 5.91 Å². The Morgan fingerprint density at radius 3 is 2.94 bits per heavy atom. The van der Waals surface area contributed by atoms with E-state index in [1.807, 2.05) is 31.3 Å². The first kappa shape index (κ1) is 13.6. The Kier molecular flexibility index (Phi) is 4.78. The third-order valence-electron chi connectivity index (χ3n) is 3.45. The maximum atomic E-state index is 12.2. The normalized spacial score (nSPS) is 19.6. The quantitative estimate of drug-likeness (QED) is 0.931. The Bertz CT molecular complexity index is 416. The number of para-hydroxylation sites is 1. The van der Waals surface area contributed by atoms with Gasteiger partial charge >= 0.3 is 0 Å². The van der Waals surface area contributed by atoms with Gasteiger partial charge in [-0.3, -0.25) is 4.79 Å². The van der Waals surface area contributed by atoms with E-state index in [-0.39, 0.29) is 5.91 Å². The Morgan fingerprint density at radius 2 is 2.28 bits per heavy atom. The SMILES string of the molecule is CN(C(=O)CC1CCCNC1)c1ccccc1Br. The topological polar surface area (TPSA) is 32.3 Å². The van der Waals surface area contributed by atoms with Crippen LogP contribution in [0.3, 0.4) is 0 Å². The first-order valence-corrected chi connectivity index (χ1v) is 7.19. The van der Waals surface area contributed by atoms with Crippen LogP contribution in [0.15, 0.2) is 28.7 Å². The molecule has 98 valence electrons. The van der Waals surface area contributed by atoms with Crippen molar-refractivity contribution in [3.63, 3.8) is 0 Å². The number of hydrogen-bond acceptors (Lipinski definition) is 2. The Balaban J connectivity index is 1.98. The van der Waals surface area contributed by atoms with Gasteiger partial charge in [0.25, 0.3) is 0 Å². The highest BCUT2D eigenvalue weighted by molar-refractivity contribution is 9.10. The molecule has 1 fully saturated rings. The minimum absolute atomic E-state index is 0.190. The fraction of sp³-hybridized carbons (Fsp3) is 0.500. The number of amides is 1. The molecule has 3 nitrogen and oxygen atoms in total. The average Bonchev–Trinajstić information content (AvgIpc) is 2.39. The summed E-state index contributed by atoms with van der Waals surface area (Å²) in [6.45, 7) is 2.06. The predicted molar refractivity (Wildman–Crippen MR) is 77.8 cm³/mol. The zero-order valence-electron chi connectivity index (χ0n) is 10.7. The third-order valence-corrected chi connectivity index (χ3v) is 4.12. The van der Waals surface area contributed by atoms with Crippen LogP contribution in [-0.4, -0.2) is 26.0 Å². The van der Waals surface area contributed by atoms with Gasteiger partial charge < -0.3 is 10.2 Å². The number of halogens is 1.